The summed E-state index contributed by atoms with van der Waals surface area (Å²) < 4.78 is 10.5. The van der Waals surface area contributed by atoms with E-state index >= 15 is 0 Å². The van der Waals surface area contributed by atoms with Crippen LogP contribution >= 0.6 is 0 Å². The highest BCUT2D eigenvalue weighted by atomic mass is 16.6. The van der Waals surface area contributed by atoms with Crippen molar-refractivity contribution < 1.29 is 14.6 Å². The second kappa shape index (κ2) is 1.97. The van der Waals surface area contributed by atoms with Crippen LogP contribution in [-0.4, -0.2) is 43.9 Å². The van der Waals surface area contributed by atoms with Crippen molar-refractivity contribution in [2.75, 3.05) is 13.2 Å². The molecule has 0 saturated carbocycles. The van der Waals surface area contributed by atoms with Crippen molar-refractivity contribution in [2.45, 2.75) is 24.1 Å². The highest BCUT2D eigenvalue weighted by molar-refractivity contribution is 6.11. The Kier molecular flexibility index (Phi) is 1.31. The first-order chi connectivity index (χ1) is 4.76. The fourth-order valence-corrected chi connectivity index (χ4v) is 1.55. The van der Waals surface area contributed by atoms with Crippen LogP contribution in [0.4, 0.5) is 0 Å². The molecule has 0 aromatic rings. The molecule has 2 bridgehead atoms. The van der Waals surface area contributed by atoms with Gasteiger partial charge < -0.3 is 14.6 Å². The smallest absolute Gasteiger partial charge is 0.116 e. The average molecular weight is 140 g/mol. The Hall–Kier alpha value is -0.0551. The summed E-state index contributed by atoms with van der Waals surface area (Å²) in [4.78, 5) is 0. The van der Waals surface area contributed by atoms with Crippen molar-refractivity contribution in [3.05, 3.63) is 0 Å². The van der Waals surface area contributed by atoms with E-state index < -0.39 is 5.60 Å². The molecule has 10 heavy (non-hydrogen) atoms. The number of aliphatic hydroxyl groups is 1. The van der Waals surface area contributed by atoms with Gasteiger partial charge in [0.25, 0.3) is 0 Å². The highest BCUT2D eigenvalue weighted by Gasteiger charge is 2.50. The maximum absolute atomic E-state index is 8.90. The molecule has 2 aliphatic rings. The molecule has 2 fully saturated rings. The van der Waals surface area contributed by atoms with Gasteiger partial charge in [-0.15, -0.1) is 0 Å². The van der Waals surface area contributed by atoms with Gasteiger partial charge in [-0.2, -0.15) is 0 Å². The number of hydrogen-bond acceptors (Lipinski definition) is 3. The van der Waals surface area contributed by atoms with Crippen molar-refractivity contribution in [3.8, 4) is 0 Å². The van der Waals surface area contributed by atoms with E-state index in [1.54, 1.807) is 0 Å². The standard InChI is InChI=1S/C6H9BO3/c7-5-4-1-6(2-8,10-5)3-9-4/h4-5,8H,1-3H2. The van der Waals surface area contributed by atoms with E-state index in [9.17, 15) is 0 Å². The molecular weight excluding hydrogens is 131 g/mol. The number of rotatable bonds is 1. The third-order valence-electron chi connectivity index (χ3n) is 2.17. The van der Waals surface area contributed by atoms with Crippen LogP contribution in [0.5, 0.6) is 0 Å². The Bertz CT molecular complexity index is 148. The summed E-state index contributed by atoms with van der Waals surface area (Å²) in [5, 5.41) is 8.90. The summed E-state index contributed by atoms with van der Waals surface area (Å²) in [5.41, 5.74) is -0.468. The lowest BCUT2D eigenvalue weighted by Gasteiger charge is -2.27. The summed E-state index contributed by atoms with van der Waals surface area (Å²) >= 11 is 0. The van der Waals surface area contributed by atoms with Crippen LogP contribution in [0, 0.1) is 0 Å². The van der Waals surface area contributed by atoms with Crippen LogP contribution in [-0.2, 0) is 9.47 Å². The number of fused-ring (bicyclic) bond motifs is 2. The third kappa shape index (κ3) is 0.728. The predicted molar refractivity (Wildman–Crippen MR) is 34.8 cm³/mol. The minimum atomic E-state index is -0.468. The van der Waals surface area contributed by atoms with Crippen molar-refractivity contribution in [2.24, 2.45) is 0 Å². The lowest BCUT2D eigenvalue weighted by atomic mass is 9.94. The maximum Gasteiger partial charge on any atom is 0.116 e. The fourth-order valence-electron chi connectivity index (χ4n) is 1.55. The summed E-state index contributed by atoms with van der Waals surface area (Å²) in [5.74, 6) is 0. The van der Waals surface area contributed by atoms with Gasteiger partial charge >= 0.3 is 0 Å². The SMILES string of the molecule is [B]C1OC2(CO)COC1C2. The Morgan fingerprint density at radius 3 is 2.80 bits per heavy atom. The van der Waals surface area contributed by atoms with Gasteiger partial charge in [-0.25, -0.2) is 0 Å². The average Bonchev–Trinajstić information content (AvgIpc) is 2.45. The molecule has 3 nitrogen and oxygen atoms in total. The van der Waals surface area contributed by atoms with E-state index in [1.807, 2.05) is 0 Å². The molecule has 2 saturated heterocycles. The molecule has 0 spiro atoms. The first-order valence-electron chi connectivity index (χ1n) is 3.42. The molecule has 0 aromatic carbocycles. The molecule has 0 aromatic heterocycles. The summed E-state index contributed by atoms with van der Waals surface area (Å²) in [6.45, 7) is 0.499. The molecule has 4 heteroatoms. The third-order valence-corrected chi connectivity index (χ3v) is 2.17. The summed E-state index contributed by atoms with van der Waals surface area (Å²) in [6, 6.07) is -0.333. The van der Waals surface area contributed by atoms with E-state index in [4.69, 9.17) is 22.4 Å². The van der Waals surface area contributed by atoms with E-state index in [1.165, 1.54) is 0 Å². The van der Waals surface area contributed by atoms with E-state index in [2.05, 4.69) is 0 Å². The maximum atomic E-state index is 8.90. The Labute approximate surface area is 60.7 Å². The molecule has 0 amide bonds. The van der Waals surface area contributed by atoms with Gasteiger partial charge in [0.1, 0.15) is 13.4 Å². The molecule has 2 aliphatic heterocycles. The molecule has 2 rings (SSSR count). The van der Waals surface area contributed by atoms with Gasteiger partial charge in [-0.05, 0) is 0 Å². The predicted octanol–water partition coefficient (Wildman–Crippen LogP) is -0.969. The topological polar surface area (TPSA) is 38.7 Å². The minimum absolute atomic E-state index is 0.00662. The van der Waals surface area contributed by atoms with Crippen molar-refractivity contribution in [1.29, 1.82) is 0 Å². The van der Waals surface area contributed by atoms with Crippen molar-refractivity contribution in [1.82, 2.24) is 0 Å². The van der Waals surface area contributed by atoms with Crippen LogP contribution in [0.1, 0.15) is 6.42 Å². The van der Waals surface area contributed by atoms with Crippen molar-refractivity contribution in [3.63, 3.8) is 0 Å². The largest absolute Gasteiger partial charge is 0.393 e. The molecule has 2 heterocycles. The first kappa shape index (κ1) is 6.64. The van der Waals surface area contributed by atoms with Crippen LogP contribution in [0.3, 0.4) is 0 Å². The molecule has 54 valence electrons. The first-order valence-corrected chi connectivity index (χ1v) is 3.42. The van der Waals surface area contributed by atoms with Gasteiger partial charge in [0, 0.05) is 12.4 Å². The van der Waals surface area contributed by atoms with Gasteiger partial charge in [0.15, 0.2) is 0 Å². The van der Waals surface area contributed by atoms with Crippen molar-refractivity contribution >= 4 is 7.85 Å². The molecule has 2 radical (unpaired) electrons. The minimum Gasteiger partial charge on any atom is -0.393 e. The van der Waals surface area contributed by atoms with Crippen LogP contribution < -0.4 is 0 Å². The normalized spacial score (nSPS) is 52.1. The van der Waals surface area contributed by atoms with E-state index in [0.29, 0.717) is 6.61 Å². The Morgan fingerprint density at radius 1 is 1.70 bits per heavy atom. The highest BCUT2D eigenvalue weighted by Crippen LogP contribution is 2.37. The van der Waals surface area contributed by atoms with Gasteiger partial charge in [-0.1, -0.05) is 0 Å². The van der Waals surface area contributed by atoms with Gasteiger partial charge in [-0.3, -0.25) is 0 Å². The molecule has 3 atom stereocenters. The number of hydrogen-bond donors (Lipinski definition) is 1. The Morgan fingerprint density at radius 2 is 2.50 bits per heavy atom. The number of ether oxygens (including phenoxy) is 2. The van der Waals surface area contributed by atoms with E-state index in [-0.39, 0.29) is 18.7 Å². The van der Waals surface area contributed by atoms with Crippen LogP contribution in [0.25, 0.3) is 0 Å². The molecule has 3 unspecified atom stereocenters. The quantitative estimate of drug-likeness (QED) is 0.476. The zero-order valence-corrected chi connectivity index (χ0v) is 5.62. The zero-order valence-electron chi connectivity index (χ0n) is 5.62. The van der Waals surface area contributed by atoms with Gasteiger partial charge in [0.05, 0.1) is 19.3 Å². The lowest BCUT2D eigenvalue weighted by molar-refractivity contribution is -0.129. The Balaban J connectivity index is 2.14. The monoisotopic (exact) mass is 140 g/mol. The summed E-state index contributed by atoms with van der Waals surface area (Å²) in [7, 11) is 5.52. The summed E-state index contributed by atoms with van der Waals surface area (Å²) in [6.07, 6.45) is 0.747. The van der Waals surface area contributed by atoms with E-state index in [0.717, 1.165) is 6.42 Å². The molecule has 0 aliphatic carbocycles. The van der Waals surface area contributed by atoms with Crippen LogP contribution in [0.15, 0.2) is 0 Å². The molecular formula is C6H9BO3. The van der Waals surface area contributed by atoms with Crippen LogP contribution in [0.2, 0.25) is 0 Å². The number of aliphatic hydroxyl groups excluding tert-OH is 1. The zero-order chi connectivity index (χ0) is 7.19. The molecule has 1 N–H and O–H groups in total. The second-order valence-electron chi connectivity index (χ2n) is 2.98. The lowest BCUT2D eigenvalue weighted by Crippen LogP contribution is -2.40. The second-order valence-corrected chi connectivity index (χ2v) is 2.98. The fraction of sp³-hybridized carbons (Fsp3) is 1.00. The van der Waals surface area contributed by atoms with Gasteiger partial charge in [0.2, 0.25) is 0 Å².